The molecule has 0 amide bonds. The van der Waals surface area contributed by atoms with Gasteiger partial charge in [-0.25, -0.2) is 4.79 Å². The Morgan fingerprint density at radius 1 is 1.41 bits per heavy atom. The van der Waals surface area contributed by atoms with E-state index < -0.39 is 8.32 Å². The maximum absolute atomic E-state index is 11.9. The van der Waals surface area contributed by atoms with Crippen molar-refractivity contribution >= 4 is 20.1 Å². The number of aromatic amines is 1. The summed E-state index contributed by atoms with van der Waals surface area (Å²) in [5, 5.41) is 0.629. The van der Waals surface area contributed by atoms with E-state index in [2.05, 4.69) is 38.8 Å². The molecule has 1 aromatic heterocycles. The first-order chi connectivity index (χ1) is 10.1. The lowest BCUT2D eigenvalue weighted by Crippen LogP contribution is -2.42. The molecule has 0 aliphatic carbocycles. The van der Waals surface area contributed by atoms with Crippen molar-refractivity contribution in [3.8, 4) is 0 Å². The predicted molar refractivity (Wildman–Crippen MR) is 94.4 cm³/mol. The van der Waals surface area contributed by atoms with Gasteiger partial charge in [0.2, 0.25) is 0 Å². The Balaban J connectivity index is 1.96. The average molecular weight is 343 g/mol. The number of hydrogen-bond donors (Lipinski definition) is 1. The van der Waals surface area contributed by atoms with Crippen LogP contribution >= 0.6 is 11.8 Å². The minimum Gasteiger partial charge on any atom is -0.416 e. The zero-order valence-electron chi connectivity index (χ0n) is 14.0. The molecule has 0 bridgehead atoms. The van der Waals surface area contributed by atoms with Crippen LogP contribution < -0.4 is 11.2 Å². The molecule has 0 radical (unpaired) electrons. The van der Waals surface area contributed by atoms with E-state index in [4.69, 9.17) is 4.43 Å². The molecule has 1 aliphatic rings. The topological polar surface area (TPSA) is 64.1 Å². The van der Waals surface area contributed by atoms with E-state index in [1.54, 1.807) is 10.8 Å². The Morgan fingerprint density at radius 2 is 2.09 bits per heavy atom. The van der Waals surface area contributed by atoms with E-state index in [9.17, 15) is 9.59 Å². The van der Waals surface area contributed by atoms with Gasteiger partial charge in [-0.3, -0.25) is 14.3 Å². The monoisotopic (exact) mass is 342 g/mol. The fourth-order valence-corrected chi connectivity index (χ4v) is 4.71. The molecule has 1 aromatic rings. The molecule has 1 saturated heterocycles. The first-order valence-corrected chi connectivity index (χ1v) is 11.6. The molecule has 0 aromatic carbocycles. The fourth-order valence-electron chi connectivity index (χ4n) is 2.23. The SMILES string of the molecule is CC(C)(C)[Si](C)(C)OC[C@H]1C[C@@H](n2ccc(=O)[nH]c2=O)CS1. The van der Waals surface area contributed by atoms with E-state index in [0.717, 1.165) is 18.8 Å². The van der Waals surface area contributed by atoms with Crippen LogP contribution in [-0.2, 0) is 4.43 Å². The number of nitrogens with one attached hydrogen (secondary N) is 1. The van der Waals surface area contributed by atoms with Crippen molar-refractivity contribution in [2.45, 2.75) is 56.6 Å². The second-order valence-electron chi connectivity index (χ2n) is 7.43. The first-order valence-electron chi connectivity index (χ1n) is 7.67. The normalized spacial score (nSPS) is 23.0. The summed E-state index contributed by atoms with van der Waals surface area (Å²) in [5.41, 5.74) is -0.659. The van der Waals surface area contributed by atoms with Crippen molar-refractivity contribution in [1.82, 2.24) is 9.55 Å². The maximum Gasteiger partial charge on any atom is 0.328 e. The molecule has 7 heteroatoms. The molecular weight excluding hydrogens is 316 g/mol. The quantitative estimate of drug-likeness (QED) is 0.854. The molecule has 0 saturated carbocycles. The largest absolute Gasteiger partial charge is 0.416 e. The van der Waals surface area contributed by atoms with Crippen LogP contribution in [0, 0.1) is 0 Å². The van der Waals surface area contributed by atoms with Crippen LogP contribution in [0.3, 0.4) is 0 Å². The van der Waals surface area contributed by atoms with Gasteiger partial charge in [0, 0.05) is 35.9 Å². The van der Waals surface area contributed by atoms with Crippen LogP contribution in [0.4, 0.5) is 0 Å². The molecule has 0 unspecified atom stereocenters. The molecule has 2 heterocycles. The Kier molecular flexibility index (Phi) is 5.08. The van der Waals surface area contributed by atoms with Crippen molar-refractivity contribution in [1.29, 1.82) is 0 Å². The molecule has 1 N–H and O–H groups in total. The highest BCUT2D eigenvalue weighted by atomic mass is 32.2. The van der Waals surface area contributed by atoms with Crippen LogP contribution in [0.2, 0.25) is 18.1 Å². The smallest absolute Gasteiger partial charge is 0.328 e. The van der Waals surface area contributed by atoms with Gasteiger partial charge in [0.1, 0.15) is 0 Å². The molecular formula is C15H26N2O3SSi. The molecule has 0 spiro atoms. The Labute approximate surface area is 136 Å². The highest BCUT2D eigenvalue weighted by molar-refractivity contribution is 8.00. The van der Waals surface area contributed by atoms with Gasteiger partial charge in [-0.05, 0) is 24.6 Å². The molecule has 1 aliphatic heterocycles. The van der Waals surface area contributed by atoms with Crippen LogP contribution in [0.1, 0.15) is 33.2 Å². The van der Waals surface area contributed by atoms with E-state index in [-0.39, 0.29) is 22.3 Å². The van der Waals surface area contributed by atoms with Gasteiger partial charge in [-0.1, -0.05) is 20.8 Å². The highest BCUT2D eigenvalue weighted by Crippen LogP contribution is 2.39. The van der Waals surface area contributed by atoms with Gasteiger partial charge in [0.25, 0.3) is 5.56 Å². The second kappa shape index (κ2) is 6.37. The van der Waals surface area contributed by atoms with Gasteiger partial charge in [-0.2, -0.15) is 11.8 Å². The number of H-pyrrole nitrogens is 1. The van der Waals surface area contributed by atoms with E-state index in [1.807, 2.05) is 11.8 Å². The lowest BCUT2D eigenvalue weighted by atomic mass is 10.2. The molecule has 124 valence electrons. The summed E-state index contributed by atoms with van der Waals surface area (Å²) in [6, 6.07) is 1.55. The average Bonchev–Trinajstić information content (AvgIpc) is 2.83. The minimum atomic E-state index is -1.72. The number of nitrogens with zero attached hydrogens (tertiary/aromatic N) is 1. The predicted octanol–water partition coefficient (Wildman–Crippen LogP) is 2.61. The summed E-state index contributed by atoms with van der Waals surface area (Å²) < 4.78 is 7.92. The molecule has 5 nitrogen and oxygen atoms in total. The molecule has 1 fully saturated rings. The van der Waals surface area contributed by atoms with Crippen LogP contribution in [-0.4, -0.2) is 35.5 Å². The third-order valence-electron chi connectivity index (χ3n) is 4.74. The van der Waals surface area contributed by atoms with Crippen molar-refractivity contribution in [3.05, 3.63) is 33.1 Å². The maximum atomic E-state index is 11.9. The van der Waals surface area contributed by atoms with Gasteiger partial charge in [-0.15, -0.1) is 0 Å². The summed E-state index contributed by atoms with van der Waals surface area (Å²) in [6.07, 6.45) is 2.51. The Hall–Kier alpha value is -0.793. The summed E-state index contributed by atoms with van der Waals surface area (Å²) in [6.45, 7) is 12.0. The lowest BCUT2D eigenvalue weighted by molar-refractivity contribution is 0.280. The lowest BCUT2D eigenvalue weighted by Gasteiger charge is -2.36. The first kappa shape index (κ1) is 17.6. The number of thioether (sulfide) groups is 1. The van der Waals surface area contributed by atoms with Crippen molar-refractivity contribution < 1.29 is 4.43 Å². The fraction of sp³-hybridized carbons (Fsp3) is 0.733. The number of aromatic nitrogens is 2. The minimum absolute atomic E-state index is 0.141. The zero-order valence-corrected chi connectivity index (χ0v) is 15.8. The van der Waals surface area contributed by atoms with Gasteiger partial charge in [0.15, 0.2) is 8.32 Å². The third-order valence-corrected chi connectivity index (χ3v) is 10.6. The summed E-state index contributed by atoms with van der Waals surface area (Å²) in [4.78, 5) is 25.3. The number of rotatable bonds is 4. The van der Waals surface area contributed by atoms with E-state index in [0.29, 0.717) is 5.25 Å². The van der Waals surface area contributed by atoms with Crippen molar-refractivity contribution in [3.63, 3.8) is 0 Å². The van der Waals surface area contributed by atoms with Crippen LogP contribution in [0.5, 0.6) is 0 Å². The summed E-state index contributed by atoms with van der Waals surface area (Å²) >= 11 is 1.86. The van der Waals surface area contributed by atoms with Crippen LogP contribution in [0.25, 0.3) is 0 Å². The summed E-state index contributed by atoms with van der Waals surface area (Å²) in [7, 11) is -1.72. The Morgan fingerprint density at radius 3 is 2.68 bits per heavy atom. The van der Waals surface area contributed by atoms with E-state index in [1.165, 1.54) is 6.07 Å². The second-order valence-corrected chi connectivity index (χ2v) is 13.6. The summed E-state index contributed by atoms with van der Waals surface area (Å²) in [5.74, 6) is 0.886. The molecule has 2 rings (SSSR count). The molecule has 2 atom stereocenters. The van der Waals surface area contributed by atoms with Crippen molar-refractivity contribution in [2.24, 2.45) is 0 Å². The van der Waals surface area contributed by atoms with E-state index >= 15 is 0 Å². The van der Waals surface area contributed by atoms with Gasteiger partial charge < -0.3 is 4.43 Å². The van der Waals surface area contributed by atoms with Crippen molar-refractivity contribution in [2.75, 3.05) is 12.4 Å². The van der Waals surface area contributed by atoms with Gasteiger partial charge >= 0.3 is 5.69 Å². The van der Waals surface area contributed by atoms with Gasteiger partial charge in [0.05, 0.1) is 0 Å². The Bertz CT molecular complexity index is 633. The zero-order chi connectivity index (χ0) is 16.5. The standard InChI is InChI=1S/C15H26N2O3SSi/c1-15(2,3)22(4,5)20-9-12-8-11(10-21-12)17-7-6-13(18)16-14(17)19/h6-7,11-12H,8-10H2,1-5H3,(H,16,18,19)/t11-,12-/m1/s1. The highest BCUT2D eigenvalue weighted by Gasteiger charge is 2.38. The third kappa shape index (κ3) is 3.94. The molecule has 22 heavy (non-hydrogen) atoms. The number of hydrogen-bond acceptors (Lipinski definition) is 4. The van der Waals surface area contributed by atoms with Crippen LogP contribution in [0.15, 0.2) is 21.9 Å².